The van der Waals surface area contributed by atoms with E-state index in [0.717, 1.165) is 70.6 Å². The summed E-state index contributed by atoms with van der Waals surface area (Å²) in [6.07, 6.45) is 1.04. The number of carboxylic acid groups (broad SMARTS) is 1. The van der Waals surface area contributed by atoms with E-state index >= 15 is 0 Å². The third-order valence-electron chi connectivity index (χ3n) is 12.1. The van der Waals surface area contributed by atoms with Gasteiger partial charge in [0.25, 0.3) is 0 Å². The van der Waals surface area contributed by atoms with Crippen molar-refractivity contribution in [3.63, 3.8) is 0 Å². The SMILES string of the molecule is C[C@]12CCC3c4ccc(O)cc4C[C@@H](CCCCCCCCCC(CCCC(F)(F)C(F)(F)C(F)(F)C(F)(F)F)C(=O)O)C3C1CC[C@@H]2O. The highest BCUT2D eigenvalue weighted by Gasteiger charge is 2.81. The van der Waals surface area contributed by atoms with E-state index in [1.807, 2.05) is 6.07 Å². The molecule has 1 aromatic carbocycles. The average molecular weight is 717 g/mol. The lowest BCUT2D eigenvalue weighted by molar-refractivity contribution is -0.396. The highest BCUT2D eigenvalue weighted by atomic mass is 19.4. The molecular formula is C36H49F9O4. The molecule has 0 bridgehead atoms. The lowest BCUT2D eigenvalue weighted by Gasteiger charge is -2.53. The molecule has 0 spiro atoms. The van der Waals surface area contributed by atoms with E-state index in [9.17, 15) is 59.6 Å². The molecule has 0 amide bonds. The number of phenolic OH excluding ortho intramolecular Hbond substituents is 1. The van der Waals surface area contributed by atoms with Crippen molar-refractivity contribution in [1.29, 1.82) is 0 Å². The van der Waals surface area contributed by atoms with E-state index in [-0.39, 0.29) is 23.7 Å². The molecule has 0 saturated heterocycles. The minimum Gasteiger partial charge on any atom is -0.508 e. The fourth-order valence-electron chi connectivity index (χ4n) is 9.24. The predicted octanol–water partition coefficient (Wildman–Crippen LogP) is 10.7. The molecule has 0 radical (unpaired) electrons. The summed E-state index contributed by atoms with van der Waals surface area (Å²) in [5.41, 5.74) is 2.52. The number of carbonyl (C=O) groups is 1. The number of alkyl halides is 9. The van der Waals surface area contributed by atoms with Gasteiger partial charge in [0.15, 0.2) is 0 Å². The lowest BCUT2D eigenvalue weighted by atomic mass is 9.52. The third-order valence-corrected chi connectivity index (χ3v) is 12.1. The van der Waals surface area contributed by atoms with E-state index in [1.54, 1.807) is 6.07 Å². The van der Waals surface area contributed by atoms with Gasteiger partial charge in [-0.1, -0.05) is 57.9 Å². The first-order chi connectivity index (χ1) is 22.7. The average Bonchev–Trinajstić information content (AvgIpc) is 3.31. The Morgan fingerprint density at radius 3 is 2.10 bits per heavy atom. The second-order valence-corrected chi connectivity index (χ2v) is 15.1. The summed E-state index contributed by atoms with van der Waals surface area (Å²) < 4.78 is 118. The van der Waals surface area contributed by atoms with Crippen molar-refractivity contribution in [2.75, 3.05) is 0 Å². The Balaban J connectivity index is 1.17. The quantitative estimate of drug-likeness (QED) is 0.111. The second-order valence-electron chi connectivity index (χ2n) is 15.1. The number of rotatable bonds is 17. The van der Waals surface area contributed by atoms with E-state index < -0.39 is 55.1 Å². The number of halogens is 9. The molecule has 13 heteroatoms. The zero-order valence-electron chi connectivity index (χ0n) is 27.9. The van der Waals surface area contributed by atoms with Crippen LogP contribution in [-0.2, 0) is 11.2 Å². The van der Waals surface area contributed by atoms with Crippen LogP contribution in [0, 0.1) is 29.1 Å². The van der Waals surface area contributed by atoms with Gasteiger partial charge >= 0.3 is 29.9 Å². The van der Waals surface area contributed by atoms with Crippen molar-refractivity contribution in [2.45, 2.75) is 152 Å². The van der Waals surface area contributed by atoms with Crippen LogP contribution in [-0.4, -0.2) is 51.3 Å². The van der Waals surface area contributed by atoms with E-state index in [2.05, 4.69) is 13.0 Å². The number of hydrogen-bond acceptors (Lipinski definition) is 3. The molecule has 4 unspecified atom stereocenters. The third kappa shape index (κ3) is 8.16. The Bertz CT molecular complexity index is 1270. The van der Waals surface area contributed by atoms with Crippen LogP contribution >= 0.6 is 0 Å². The largest absolute Gasteiger partial charge is 0.508 e. The summed E-state index contributed by atoms with van der Waals surface area (Å²) in [7, 11) is 0. The Morgan fingerprint density at radius 1 is 0.857 bits per heavy atom. The molecule has 2 saturated carbocycles. The summed E-state index contributed by atoms with van der Waals surface area (Å²) in [5.74, 6) is -19.7. The summed E-state index contributed by atoms with van der Waals surface area (Å²) in [6.45, 7) is 2.25. The number of aliphatic hydroxyl groups excluding tert-OH is 1. The normalized spacial score (nSPS) is 28.1. The van der Waals surface area contributed by atoms with Gasteiger partial charge in [-0.2, -0.15) is 39.5 Å². The molecule has 2 fully saturated rings. The zero-order chi connectivity index (χ0) is 36.4. The fourth-order valence-corrected chi connectivity index (χ4v) is 9.24. The van der Waals surface area contributed by atoms with E-state index in [0.29, 0.717) is 36.5 Å². The summed E-state index contributed by atoms with van der Waals surface area (Å²) in [4.78, 5) is 11.5. The molecule has 4 nitrogen and oxygen atoms in total. The Kier molecular flexibility index (Phi) is 12.3. The van der Waals surface area contributed by atoms with Crippen molar-refractivity contribution in [1.82, 2.24) is 0 Å². The molecule has 3 aliphatic rings. The van der Waals surface area contributed by atoms with Gasteiger partial charge in [0.2, 0.25) is 0 Å². The standard InChI is InChI=1S/C36H49F9O4/c1-32-19-17-27-26-14-13-25(46)21-24(26)20-23(30(27)28(32)15-16-29(32)47)11-8-6-4-2-3-5-7-10-22(31(48)49)12-9-18-33(37,38)34(39,40)35(41,42)36(43,44)45/h13-14,21-23,27-30,46-47H,2-12,15-20H2,1H3,(H,48,49)/t22?,23-,27?,28?,29+,30?,32+/m1/s1. The van der Waals surface area contributed by atoms with Crippen molar-refractivity contribution >= 4 is 5.97 Å². The first kappa shape index (κ1) is 39.6. The van der Waals surface area contributed by atoms with Crippen LogP contribution in [0.1, 0.15) is 127 Å². The first-order valence-corrected chi connectivity index (χ1v) is 17.7. The number of phenols is 1. The number of aromatic hydroxyl groups is 1. The van der Waals surface area contributed by atoms with Gasteiger partial charge in [-0.3, -0.25) is 4.79 Å². The molecular weight excluding hydrogens is 667 g/mol. The molecule has 280 valence electrons. The van der Waals surface area contributed by atoms with Crippen LogP contribution in [0.3, 0.4) is 0 Å². The Morgan fingerprint density at radius 2 is 1.47 bits per heavy atom. The second kappa shape index (κ2) is 15.2. The van der Waals surface area contributed by atoms with E-state index in [4.69, 9.17) is 0 Å². The minimum atomic E-state index is -6.94. The van der Waals surface area contributed by atoms with Crippen LogP contribution < -0.4 is 0 Å². The molecule has 49 heavy (non-hydrogen) atoms. The summed E-state index contributed by atoms with van der Waals surface area (Å²) >= 11 is 0. The summed E-state index contributed by atoms with van der Waals surface area (Å²) in [5, 5.41) is 30.4. The number of carboxylic acids is 1. The zero-order valence-corrected chi connectivity index (χ0v) is 27.9. The molecule has 3 N–H and O–H groups in total. The van der Waals surface area contributed by atoms with Crippen LogP contribution in [0.15, 0.2) is 18.2 Å². The van der Waals surface area contributed by atoms with Gasteiger partial charge in [-0.25, -0.2) is 0 Å². The molecule has 7 atom stereocenters. The monoisotopic (exact) mass is 716 g/mol. The molecule has 1 aromatic rings. The number of aliphatic carboxylic acids is 1. The highest BCUT2D eigenvalue weighted by molar-refractivity contribution is 5.69. The van der Waals surface area contributed by atoms with Gasteiger partial charge in [0, 0.05) is 6.42 Å². The van der Waals surface area contributed by atoms with Crippen LogP contribution in [0.5, 0.6) is 5.75 Å². The number of aliphatic hydroxyl groups is 1. The highest BCUT2D eigenvalue weighted by Crippen LogP contribution is 2.63. The van der Waals surface area contributed by atoms with Crippen LogP contribution in [0.4, 0.5) is 39.5 Å². The predicted molar refractivity (Wildman–Crippen MR) is 165 cm³/mol. The molecule has 0 aromatic heterocycles. The number of fused-ring (bicyclic) bond motifs is 5. The maximum atomic E-state index is 13.8. The number of unbranched alkanes of at least 4 members (excludes halogenated alkanes) is 6. The molecule has 0 aliphatic heterocycles. The van der Waals surface area contributed by atoms with Crippen LogP contribution in [0.25, 0.3) is 0 Å². The fraction of sp³-hybridized carbons (Fsp3) is 0.806. The van der Waals surface area contributed by atoms with Crippen molar-refractivity contribution in [3.8, 4) is 5.75 Å². The molecule has 4 rings (SSSR count). The van der Waals surface area contributed by atoms with Gasteiger partial charge in [-0.05, 0) is 110 Å². The van der Waals surface area contributed by atoms with Crippen molar-refractivity contribution in [2.24, 2.45) is 29.1 Å². The molecule has 3 aliphatic carbocycles. The molecule has 0 heterocycles. The van der Waals surface area contributed by atoms with Gasteiger partial charge in [-0.15, -0.1) is 0 Å². The Hall–Kier alpha value is -2.18. The Labute approximate surface area is 281 Å². The summed E-state index contributed by atoms with van der Waals surface area (Å²) in [6, 6.07) is 5.76. The topological polar surface area (TPSA) is 77.8 Å². The minimum absolute atomic E-state index is 0.0477. The lowest BCUT2D eigenvalue weighted by Crippen LogP contribution is -2.60. The van der Waals surface area contributed by atoms with Gasteiger partial charge in [0.05, 0.1) is 12.0 Å². The van der Waals surface area contributed by atoms with Gasteiger partial charge in [0.1, 0.15) is 5.75 Å². The van der Waals surface area contributed by atoms with E-state index in [1.165, 1.54) is 11.1 Å². The van der Waals surface area contributed by atoms with Crippen molar-refractivity contribution in [3.05, 3.63) is 29.3 Å². The number of hydrogen-bond donors (Lipinski definition) is 3. The maximum absolute atomic E-state index is 13.8. The smallest absolute Gasteiger partial charge is 0.460 e. The maximum Gasteiger partial charge on any atom is 0.460 e. The van der Waals surface area contributed by atoms with Gasteiger partial charge < -0.3 is 15.3 Å². The number of benzene rings is 1. The van der Waals surface area contributed by atoms with Crippen LogP contribution in [0.2, 0.25) is 0 Å². The van der Waals surface area contributed by atoms with Crippen molar-refractivity contribution < 1.29 is 59.6 Å². The first-order valence-electron chi connectivity index (χ1n) is 17.7.